The number of nitrogens with zero attached hydrogens (tertiary/aromatic N) is 2. The summed E-state index contributed by atoms with van der Waals surface area (Å²) in [6, 6.07) is 17.0. The van der Waals surface area contributed by atoms with Crippen molar-refractivity contribution in [2.45, 2.75) is 20.4 Å². The van der Waals surface area contributed by atoms with Gasteiger partial charge in [0.1, 0.15) is 0 Å². The van der Waals surface area contributed by atoms with E-state index in [4.69, 9.17) is 5.73 Å². The molecular formula is C24H22N3OSe2+. The average molecular weight is 526 g/mol. The van der Waals surface area contributed by atoms with E-state index in [-0.39, 0.29) is 35.2 Å². The number of rotatable bonds is 4. The second-order valence-corrected chi connectivity index (χ2v) is 11.6. The van der Waals surface area contributed by atoms with Gasteiger partial charge in [0.05, 0.1) is 0 Å². The molecule has 0 radical (unpaired) electrons. The van der Waals surface area contributed by atoms with Crippen LogP contribution in [0.5, 0.6) is 0 Å². The Morgan fingerprint density at radius 3 is 2.60 bits per heavy atom. The fourth-order valence-electron chi connectivity index (χ4n) is 3.98. The number of anilines is 1. The number of aromatic nitrogens is 1. The molecule has 0 bridgehead atoms. The van der Waals surface area contributed by atoms with Gasteiger partial charge in [-0.25, -0.2) is 0 Å². The van der Waals surface area contributed by atoms with Crippen molar-refractivity contribution in [1.29, 1.82) is 0 Å². The number of hydrogen-bond donors (Lipinski definition) is 1. The number of Topliss-reactive ketones (excluding diaryl/α,β-unsaturated/α-hetero) is 1. The third kappa shape index (κ3) is 3.03. The van der Waals surface area contributed by atoms with E-state index in [0.717, 1.165) is 13.1 Å². The Hall–Kier alpha value is -2.36. The normalized spacial score (nSPS) is 18.6. The minimum atomic E-state index is 0.0677. The number of carbonyl (C=O) groups excluding carboxylic acids is 1. The van der Waals surface area contributed by atoms with Gasteiger partial charge >= 0.3 is 189 Å². The summed E-state index contributed by atoms with van der Waals surface area (Å²) in [5.74, 6) is 0.0677. The molecule has 1 aliphatic heterocycles. The first-order valence-electron chi connectivity index (χ1n) is 10.1. The molecule has 0 saturated carbocycles. The van der Waals surface area contributed by atoms with Crippen molar-refractivity contribution in [2.24, 2.45) is 5.73 Å². The Bertz CT molecular complexity index is 1280. The van der Waals surface area contributed by atoms with Crippen LogP contribution in [0.2, 0.25) is 0 Å². The first kappa shape index (κ1) is 19.6. The first-order valence-corrected chi connectivity index (χ1v) is 13.5. The van der Waals surface area contributed by atoms with Crippen molar-refractivity contribution in [2.75, 3.05) is 11.4 Å². The van der Waals surface area contributed by atoms with E-state index in [9.17, 15) is 4.79 Å². The molecule has 0 atom stereocenters. The molecule has 6 heteroatoms. The second kappa shape index (κ2) is 7.72. The predicted octanol–water partition coefficient (Wildman–Crippen LogP) is 2.09. The van der Waals surface area contributed by atoms with Crippen molar-refractivity contribution in [3.63, 3.8) is 0 Å². The van der Waals surface area contributed by atoms with Gasteiger partial charge in [0.2, 0.25) is 0 Å². The Balaban J connectivity index is 1.51. The minimum absolute atomic E-state index is 0.0677. The number of benzene rings is 2. The van der Waals surface area contributed by atoms with Gasteiger partial charge in [0.15, 0.2) is 0 Å². The fraction of sp³-hybridized carbons (Fsp3) is 0.167. The van der Waals surface area contributed by atoms with E-state index >= 15 is 0 Å². The standard InChI is InChI=1S/C24H21N3OSe2/c1-3-26-17-9-5-7-11-19(17)29-21(26)13-15-23(25)16(24(15)28)14-22-27(4-2)18-10-6-8-12-20(18)30-22/h5-14H,3-4H2,1-2H3,(H-,25,28)/p+1. The van der Waals surface area contributed by atoms with Crippen molar-refractivity contribution in [3.05, 3.63) is 80.6 Å². The summed E-state index contributed by atoms with van der Waals surface area (Å²) in [5.41, 5.74) is 10.9. The molecule has 1 aliphatic carbocycles. The summed E-state index contributed by atoms with van der Waals surface area (Å²) < 4.78 is 7.43. The van der Waals surface area contributed by atoms with Gasteiger partial charge in [-0.05, 0) is 0 Å². The Labute approximate surface area is 188 Å². The maximum absolute atomic E-state index is 13.0. The van der Waals surface area contributed by atoms with Crippen molar-refractivity contribution >= 4 is 61.2 Å². The number of nitrogens with two attached hydrogens (primary N) is 1. The van der Waals surface area contributed by atoms with Gasteiger partial charge < -0.3 is 0 Å². The number of hydrogen-bond acceptors (Lipinski definition) is 3. The molecule has 0 amide bonds. The molecule has 4 nitrogen and oxygen atoms in total. The zero-order valence-corrected chi connectivity index (χ0v) is 20.3. The van der Waals surface area contributed by atoms with Crippen LogP contribution in [-0.4, -0.2) is 41.8 Å². The number of allylic oxidation sites excluding steroid dienone is 3. The molecule has 0 saturated heterocycles. The van der Waals surface area contributed by atoms with Crippen LogP contribution < -0.4 is 19.7 Å². The topological polar surface area (TPSA) is 50.2 Å². The van der Waals surface area contributed by atoms with Crippen molar-refractivity contribution in [1.82, 2.24) is 0 Å². The fourth-order valence-corrected chi connectivity index (χ4v) is 8.88. The molecule has 2 heterocycles. The summed E-state index contributed by atoms with van der Waals surface area (Å²) in [7, 11) is 0. The second-order valence-electron chi connectivity index (χ2n) is 7.16. The van der Waals surface area contributed by atoms with E-state index in [1.165, 1.54) is 29.1 Å². The van der Waals surface area contributed by atoms with Gasteiger partial charge in [-0.1, -0.05) is 0 Å². The van der Waals surface area contributed by atoms with Gasteiger partial charge in [-0.2, -0.15) is 0 Å². The number of para-hydroxylation sites is 2. The van der Waals surface area contributed by atoms with Gasteiger partial charge in [0.25, 0.3) is 0 Å². The average Bonchev–Trinajstić information content (AvgIpc) is 3.32. The summed E-state index contributed by atoms with van der Waals surface area (Å²) in [6.45, 7) is 6.07. The third-order valence-electron chi connectivity index (χ3n) is 5.51. The Morgan fingerprint density at radius 1 is 1.07 bits per heavy atom. The molecular weight excluding hydrogens is 504 g/mol. The number of fused-ring (bicyclic) bond motifs is 2. The molecule has 5 rings (SSSR count). The van der Waals surface area contributed by atoms with Crippen LogP contribution in [0.15, 0.2) is 76.0 Å². The SMILES string of the molecule is CCN1C(=CC2=C(N)C(=Cc3[se]c4ccccc4[n+]3CC)C2=O)[Se]c2ccccc21. The molecule has 150 valence electrons. The summed E-state index contributed by atoms with van der Waals surface area (Å²) in [5, 5.41) is 0. The molecule has 0 unspecified atom stereocenters. The quantitative estimate of drug-likeness (QED) is 0.322. The van der Waals surface area contributed by atoms with Crippen molar-refractivity contribution < 1.29 is 9.36 Å². The van der Waals surface area contributed by atoms with E-state index < -0.39 is 0 Å². The number of ketones is 1. The molecule has 0 fully saturated rings. The molecule has 2 aromatic carbocycles. The zero-order valence-electron chi connectivity index (χ0n) is 16.9. The maximum atomic E-state index is 13.0. The van der Waals surface area contributed by atoms with Gasteiger partial charge in [0, 0.05) is 0 Å². The van der Waals surface area contributed by atoms with Crippen LogP contribution in [0.4, 0.5) is 5.69 Å². The summed E-state index contributed by atoms with van der Waals surface area (Å²) in [4.78, 5) is 15.3. The van der Waals surface area contributed by atoms with Crippen LogP contribution in [0, 0.1) is 0 Å². The van der Waals surface area contributed by atoms with Crippen LogP contribution in [0.3, 0.4) is 0 Å². The molecule has 2 N–H and O–H groups in total. The molecule has 0 spiro atoms. The molecule has 1 aromatic heterocycles. The van der Waals surface area contributed by atoms with E-state index in [1.807, 2.05) is 12.2 Å². The van der Waals surface area contributed by atoms with Crippen LogP contribution in [-0.2, 0) is 11.3 Å². The third-order valence-corrected chi connectivity index (χ3v) is 10.2. The molecule has 3 aromatic rings. The van der Waals surface area contributed by atoms with E-state index in [0.29, 0.717) is 16.8 Å². The Morgan fingerprint density at radius 2 is 1.83 bits per heavy atom. The van der Waals surface area contributed by atoms with Crippen LogP contribution >= 0.6 is 0 Å². The summed E-state index contributed by atoms with van der Waals surface area (Å²) in [6.07, 6.45) is 4.05. The van der Waals surface area contributed by atoms with Crippen LogP contribution in [0.25, 0.3) is 15.9 Å². The van der Waals surface area contributed by atoms with E-state index in [1.54, 1.807) is 0 Å². The Kier molecular flexibility index (Phi) is 5.04. The molecule has 30 heavy (non-hydrogen) atoms. The van der Waals surface area contributed by atoms with Crippen LogP contribution in [0.1, 0.15) is 18.4 Å². The summed E-state index contributed by atoms with van der Waals surface area (Å²) >= 11 is 0.396. The van der Waals surface area contributed by atoms with Gasteiger partial charge in [-0.3, -0.25) is 0 Å². The zero-order chi connectivity index (χ0) is 20.8. The van der Waals surface area contributed by atoms with E-state index in [2.05, 4.69) is 71.8 Å². The molecule has 2 aliphatic rings. The first-order chi connectivity index (χ1) is 14.6. The van der Waals surface area contributed by atoms with Crippen molar-refractivity contribution in [3.8, 4) is 0 Å². The number of carbonyl (C=O) groups is 1. The predicted molar refractivity (Wildman–Crippen MR) is 124 cm³/mol. The monoisotopic (exact) mass is 528 g/mol. The number of aryl methyl sites for hydroxylation is 1. The van der Waals surface area contributed by atoms with Gasteiger partial charge in [-0.15, -0.1) is 0 Å².